The molecule has 4 heteroatoms. The highest BCUT2D eigenvalue weighted by atomic mass is 19.1. The Bertz CT molecular complexity index is 586. The van der Waals surface area contributed by atoms with Gasteiger partial charge in [0.05, 0.1) is 12.3 Å². The van der Waals surface area contributed by atoms with Crippen LogP contribution in [0.1, 0.15) is 13.8 Å². The van der Waals surface area contributed by atoms with Gasteiger partial charge in [-0.1, -0.05) is 12.1 Å². The van der Waals surface area contributed by atoms with Crippen molar-refractivity contribution in [2.45, 2.75) is 13.8 Å². The van der Waals surface area contributed by atoms with Gasteiger partial charge in [-0.2, -0.15) is 0 Å². The predicted molar refractivity (Wildman–Crippen MR) is 81.1 cm³/mol. The largest absolute Gasteiger partial charge is 0.494 e. The van der Waals surface area contributed by atoms with Gasteiger partial charge in [0.25, 0.3) is 0 Å². The normalized spacial score (nSPS) is 10.3. The van der Waals surface area contributed by atoms with E-state index in [4.69, 9.17) is 10.5 Å². The highest BCUT2D eigenvalue weighted by Gasteiger charge is 2.13. The Balaban J connectivity index is 2.44. The maximum absolute atomic E-state index is 14.0. The molecule has 0 aliphatic rings. The van der Waals surface area contributed by atoms with Gasteiger partial charge in [-0.3, -0.25) is 0 Å². The molecule has 106 valence electrons. The van der Waals surface area contributed by atoms with Gasteiger partial charge >= 0.3 is 0 Å². The molecule has 0 heterocycles. The Hall–Kier alpha value is -2.23. The summed E-state index contributed by atoms with van der Waals surface area (Å²) in [6.45, 7) is 5.08. The standard InChI is InChI=1S/C16H19FN2O/c1-3-19(16-8-6-5-7-15(16)17)13-9-12(18)10-14(11-13)20-4-2/h5-11H,3-4,18H2,1-2H3. The lowest BCUT2D eigenvalue weighted by Crippen LogP contribution is -2.17. The first-order valence-electron chi connectivity index (χ1n) is 6.71. The van der Waals surface area contributed by atoms with Crippen molar-refractivity contribution in [1.29, 1.82) is 0 Å². The highest BCUT2D eigenvalue weighted by molar-refractivity contribution is 5.69. The smallest absolute Gasteiger partial charge is 0.146 e. The minimum atomic E-state index is -0.255. The number of hydrogen-bond donors (Lipinski definition) is 1. The van der Waals surface area contributed by atoms with E-state index in [9.17, 15) is 4.39 Å². The summed E-state index contributed by atoms with van der Waals surface area (Å²) >= 11 is 0. The molecule has 3 nitrogen and oxygen atoms in total. The van der Waals surface area contributed by atoms with Crippen molar-refractivity contribution in [1.82, 2.24) is 0 Å². The number of nitrogens with two attached hydrogens (primary N) is 1. The second kappa shape index (κ2) is 6.28. The fourth-order valence-corrected chi connectivity index (χ4v) is 2.17. The van der Waals surface area contributed by atoms with Crippen LogP contribution in [0, 0.1) is 5.82 Å². The van der Waals surface area contributed by atoms with Crippen LogP contribution in [0.25, 0.3) is 0 Å². The summed E-state index contributed by atoms with van der Waals surface area (Å²) in [5, 5.41) is 0. The molecule has 2 aromatic carbocycles. The average Bonchev–Trinajstić information content (AvgIpc) is 2.41. The molecule has 0 spiro atoms. The maximum atomic E-state index is 14.0. The summed E-state index contributed by atoms with van der Waals surface area (Å²) in [6.07, 6.45) is 0. The van der Waals surface area contributed by atoms with E-state index in [1.807, 2.05) is 36.9 Å². The zero-order valence-electron chi connectivity index (χ0n) is 11.8. The number of nitrogens with zero attached hydrogens (tertiary/aromatic N) is 1. The molecule has 2 aromatic rings. The van der Waals surface area contributed by atoms with Crippen molar-refractivity contribution in [2.75, 3.05) is 23.8 Å². The monoisotopic (exact) mass is 274 g/mol. The minimum absolute atomic E-state index is 0.255. The molecule has 0 saturated carbocycles. The molecule has 0 amide bonds. The fourth-order valence-electron chi connectivity index (χ4n) is 2.17. The fraction of sp³-hybridized carbons (Fsp3) is 0.250. The van der Waals surface area contributed by atoms with E-state index < -0.39 is 0 Å². The van der Waals surface area contributed by atoms with Gasteiger partial charge in [0.2, 0.25) is 0 Å². The molecule has 0 bridgehead atoms. The number of halogens is 1. The third-order valence-electron chi connectivity index (χ3n) is 3.00. The molecule has 20 heavy (non-hydrogen) atoms. The molecule has 2 rings (SSSR count). The van der Waals surface area contributed by atoms with E-state index in [2.05, 4.69) is 0 Å². The summed E-state index contributed by atoms with van der Waals surface area (Å²) in [4.78, 5) is 1.87. The SMILES string of the molecule is CCOc1cc(N)cc(N(CC)c2ccccc2F)c1. The van der Waals surface area contributed by atoms with E-state index in [1.54, 1.807) is 18.2 Å². The van der Waals surface area contributed by atoms with Gasteiger partial charge in [-0.05, 0) is 32.0 Å². The molecule has 2 N–H and O–H groups in total. The van der Waals surface area contributed by atoms with Crippen molar-refractivity contribution >= 4 is 17.1 Å². The second-order valence-corrected chi connectivity index (χ2v) is 4.39. The third-order valence-corrected chi connectivity index (χ3v) is 3.00. The van der Waals surface area contributed by atoms with Crippen LogP contribution >= 0.6 is 0 Å². The summed E-state index contributed by atoms with van der Waals surface area (Å²) in [5.41, 5.74) is 7.85. The molecular formula is C16H19FN2O. The number of rotatable bonds is 5. The molecule has 0 radical (unpaired) electrons. The molecule has 0 aliphatic heterocycles. The second-order valence-electron chi connectivity index (χ2n) is 4.39. The molecule has 0 saturated heterocycles. The van der Waals surface area contributed by atoms with Gasteiger partial charge in [-0.25, -0.2) is 4.39 Å². The van der Waals surface area contributed by atoms with E-state index in [-0.39, 0.29) is 5.82 Å². The lowest BCUT2D eigenvalue weighted by atomic mass is 10.2. The van der Waals surface area contributed by atoms with Crippen molar-refractivity contribution in [3.63, 3.8) is 0 Å². The lowest BCUT2D eigenvalue weighted by Gasteiger charge is -2.24. The Morgan fingerprint density at radius 1 is 1.15 bits per heavy atom. The first kappa shape index (κ1) is 14.2. The Kier molecular flexibility index (Phi) is 4.45. The van der Waals surface area contributed by atoms with Gasteiger partial charge in [-0.15, -0.1) is 0 Å². The lowest BCUT2D eigenvalue weighted by molar-refractivity contribution is 0.340. The van der Waals surface area contributed by atoms with E-state index >= 15 is 0 Å². The first-order chi connectivity index (χ1) is 9.65. The average molecular weight is 274 g/mol. The van der Waals surface area contributed by atoms with Crippen molar-refractivity contribution in [2.24, 2.45) is 0 Å². The quantitative estimate of drug-likeness (QED) is 0.839. The van der Waals surface area contributed by atoms with Crippen LogP contribution in [-0.2, 0) is 0 Å². The molecule has 0 aromatic heterocycles. The Morgan fingerprint density at radius 3 is 2.55 bits per heavy atom. The Labute approximate surface area is 118 Å². The minimum Gasteiger partial charge on any atom is -0.494 e. The van der Waals surface area contributed by atoms with Gasteiger partial charge < -0.3 is 15.4 Å². The number of benzene rings is 2. The van der Waals surface area contributed by atoms with Crippen molar-refractivity contribution in [3.8, 4) is 5.75 Å². The summed E-state index contributed by atoms with van der Waals surface area (Å²) < 4.78 is 19.4. The van der Waals surface area contributed by atoms with Crippen molar-refractivity contribution in [3.05, 3.63) is 48.3 Å². The highest BCUT2D eigenvalue weighted by Crippen LogP contribution is 2.32. The maximum Gasteiger partial charge on any atom is 0.146 e. The van der Waals surface area contributed by atoms with E-state index in [0.717, 1.165) is 5.69 Å². The van der Waals surface area contributed by atoms with Gasteiger partial charge in [0.1, 0.15) is 11.6 Å². The van der Waals surface area contributed by atoms with E-state index in [1.165, 1.54) is 6.07 Å². The van der Waals surface area contributed by atoms with Crippen LogP contribution in [0.15, 0.2) is 42.5 Å². The number of ether oxygens (including phenoxy) is 1. The number of nitrogen functional groups attached to an aromatic ring is 1. The van der Waals surface area contributed by atoms with Gasteiger partial charge in [0.15, 0.2) is 0 Å². The van der Waals surface area contributed by atoms with Crippen LogP contribution in [0.3, 0.4) is 0 Å². The summed E-state index contributed by atoms with van der Waals surface area (Å²) in [7, 11) is 0. The number of anilines is 3. The molecule has 0 atom stereocenters. The summed E-state index contributed by atoms with van der Waals surface area (Å²) in [6, 6.07) is 12.2. The van der Waals surface area contributed by atoms with Crippen LogP contribution in [0.4, 0.5) is 21.5 Å². The number of hydrogen-bond acceptors (Lipinski definition) is 3. The van der Waals surface area contributed by atoms with Crippen LogP contribution < -0.4 is 15.4 Å². The summed E-state index contributed by atoms with van der Waals surface area (Å²) in [5.74, 6) is 0.437. The van der Waals surface area contributed by atoms with E-state index in [0.29, 0.717) is 30.3 Å². The topological polar surface area (TPSA) is 38.5 Å². The Morgan fingerprint density at radius 2 is 1.90 bits per heavy atom. The third kappa shape index (κ3) is 3.02. The van der Waals surface area contributed by atoms with Crippen LogP contribution in [-0.4, -0.2) is 13.2 Å². The van der Waals surface area contributed by atoms with Gasteiger partial charge in [0, 0.05) is 30.1 Å². The van der Waals surface area contributed by atoms with Crippen molar-refractivity contribution < 1.29 is 9.13 Å². The molecule has 0 fully saturated rings. The molecule has 0 aliphatic carbocycles. The van der Waals surface area contributed by atoms with Crippen LogP contribution in [0.2, 0.25) is 0 Å². The molecule has 0 unspecified atom stereocenters. The first-order valence-corrected chi connectivity index (χ1v) is 6.71. The predicted octanol–water partition coefficient (Wildman–Crippen LogP) is 3.96. The number of para-hydroxylation sites is 1. The molecular weight excluding hydrogens is 255 g/mol. The zero-order chi connectivity index (χ0) is 14.5. The van der Waals surface area contributed by atoms with Crippen LogP contribution in [0.5, 0.6) is 5.75 Å². The zero-order valence-corrected chi connectivity index (χ0v) is 11.8.